The number of carboxylic acid groups (broad SMARTS) is 1. The molecule has 0 fully saturated rings. The molecule has 25 heavy (non-hydrogen) atoms. The number of sulfonamides is 1. The van der Waals surface area contributed by atoms with E-state index >= 15 is 0 Å². The summed E-state index contributed by atoms with van der Waals surface area (Å²) < 4.78 is 26.2. The van der Waals surface area contributed by atoms with E-state index in [4.69, 9.17) is 5.11 Å². The number of carboxylic acids is 1. The lowest BCUT2D eigenvalue weighted by atomic mass is 10.1. The summed E-state index contributed by atoms with van der Waals surface area (Å²) >= 11 is 0. The molecular weight excluding hydrogens is 344 g/mol. The van der Waals surface area contributed by atoms with Crippen LogP contribution in [0.4, 0.5) is 0 Å². The van der Waals surface area contributed by atoms with Crippen LogP contribution in [0.1, 0.15) is 38.1 Å². The minimum atomic E-state index is -3.59. The molecule has 8 heteroatoms. The highest BCUT2D eigenvalue weighted by Gasteiger charge is 2.23. The Hall–Kier alpha value is -1.93. The topological polar surface area (TPSA) is 95.0 Å². The fourth-order valence-electron chi connectivity index (χ4n) is 2.49. The SMILES string of the molecule is CCN(CC)S(=O)(=O)c1ccc(C(=O)N(CC(=O)O)CC(C)C)cc1. The maximum atomic E-state index is 12.5. The summed E-state index contributed by atoms with van der Waals surface area (Å²) in [5.41, 5.74) is 0.264. The van der Waals surface area contributed by atoms with Gasteiger partial charge in [0.15, 0.2) is 0 Å². The second-order valence-electron chi connectivity index (χ2n) is 6.09. The lowest BCUT2D eigenvalue weighted by molar-refractivity contribution is -0.137. The fraction of sp³-hybridized carbons (Fsp3) is 0.529. The predicted molar refractivity (Wildman–Crippen MR) is 94.9 cm³/mol. The molecule has 1 aromatic carbocycles. The average Bonchev–Trinajstić information content (AvgIpc) is 2.53. The first-order valence-electron chi connectivity index (χ1n) is 8.24. The van der Waals surface area contributed by atoms with E-state index in [1.54, 1.807) is 13.8 Å². The number of benzene rings is 1. The molecular formula is C17H26N2O5S. The summed E-state index contributed by atoms with van der Waals surface area (Å²) in [6.45, 7) is 7.94. The van der Waals surface area contributed by atoms with Crippen LogP contribution in [0.3, 0.4) is 0 Å². The molecule has 0 aromatic heterocycles. The first-order chi connectivity index (χ1) is 11.6. The largest absolute Gasteiger partial charge is 0.480 e. The second-order valence-corrected chi connectivity index (χ2v) is 8.02. The van der Waals surface area contributed by atoms with Crippen molar-refractivity contribution in [3.05, 3.63) is 29.8 Å². The molecule has 1 aromatic rings. The molecule has 1 amide bonds. The molecule has 0 spiro atoms. The Balaban J connectivity index is 3.08. The Kier molecular flexibility index (Phi) is 7.57. The number of nitrogens with zero attached hydrogens (tertiary/aromatic N) is 2. The fourth-order valence-corrected chi connectivity index (χ4v) is 3.95. The molecule has 0 heterocycles. The van der Waals surface area contributed by atoms with Gasteiger partial charge in [0, 0.05) is 25.2 Å². The molecule has 7 nitrogen and oxygen atoms in total. The maximum Gasteiger partial charge on any atom is 0.323 e. The molecule has 0 saturated carbocycles. The van der Waals surface area contributed by atoms with Gasteiger partial charge in [-0.3, -0.25) is 9.59 Å². The smallest absolute Gasteiger partial charge is 0.323 e. The number of aliphatic carboxylic acids is 1. The van der Waals surface area contributed by atoms with Crippen molar-refractivity contribution in [3.63, 3.8) is 0 Å². The van der Waals surface area contributed by atoms with Gasteiger partial charge in [-0.05, 0) is 30.2 Å². The first kappa shape index (κ1) is 21.1. The molecule has 0 radical (unpaired) electrons. The molecule has 0 saturated heterocycles. The standard InChI is InChI=1S/C17H26N2O5S/c1-5-19(6-2)25(23,24)15-9-7-14(8-10-15)17(22)18(11-13(3)4)12-16(20)21/h7-10,13H,5-6,11-12H2,1-4H3,(H,20,21). The van der Waals surface area contributed by atoms with Gasteiger partial charge < -0.3 is 10.0 Å². The van der Waals surface area contributed by atoms with Crippen LogP contribution in [0.15, 0.2) is 29.2 Å². The Morgan fingerprint density at radius 2 is 1.60 bits per heavy atom. The Morgan fingerprint density at radius 3 is 2.00 bits per heavy atom. The Labute approximate surface area is 149 Å². The highest BCUT2D eigenvalue weighted by atomic mass is 32.2. The van der Waals surface area contributed by atoms with Gasteiger partial charge >= 0.3 is 5.97 Å². The highest BCUT2D eigenvalue weighted by Crippen LogP contribution is 2.17. The van der Waals surface area contributed by atoms with Crippen LogP contribution < -0.4 is 0 Å². The summed E-state index contributed by atoms with van der Waals surface area (Å²) in [7, 11) is -3.59. The molecule has 0 atom stereocenters. The van der Waals surface area contributed by atoms with Gasteiger partial charge in [-0.2, -0.15) is 4.31 Å². The van der Waals surface area contributed by atoms with Crippen LogP contribution in [0.5, 0.6) is 0 Å². The Bertz CT molecular complexity index is 694. The van der Waals surface area contributed by atoms with Crippen molar-refractivity contribution in [2.24, 2.45) is 5.92 Å². The van der Waals surface area contributed by atoms with E-state index in [0.29, 0.717) is 19.6 Å². The second kappa shape index (κ2) is 8.96. The van der Waals surface area contributed by atoms with E-state index in [-0.39, 0.29) is 16.4 Å². The van der Waals surface area contributed by atoms with Crippen LogP contribution in [0.25, 0.3) is 0 Å². The number of carbonyl (C=O) groups excluding carboxylic acids is 1. The molecule has 0 aliphatic heterocycles. The number of hydrogen-bond donors (Lipinski definition) is 1. The van der Waals surface area contributed by atoms with Crippen LogP contribution in [0.2, 0.25) is 0 Å². The minimum absolute atomic E-state index is 0.112. The summed E-state index contributed by atoms with van der Waals surface area (Å²) in [5, 5.41) is 8.98. The lowest BCUT2D eigenvalue weighted by Crippen LogP contribution is -2.38. The van der Waals surface area contributed by atoms with Crippen LogP contribution in [-0.2, 0) is 14.8 Å². The van der Waals surface area contributed by atoms with Crippen LogP contribution in [0, 0.1) is 5.92 Å². The summed E-state index contributed by atoms with van der Waals surface area (Å²) in [6.07, 6.45) is 0. The van der Waals surface area contributed by atoms with Crippen molar-refractivity contribution in [1.29, 1.82) is 0 Å². The third-order valence-electron chi connectivity index (χ3n) is 3.64. The third kappa shape index (κ3) is 5.54. The quantitative estimate of drug-likeness (QED) is 0.716. The number of rotatable bonds is 9. The van der Waals surface area contributed by atoms with Crippen molar-refractivity contribution >= 4 is 21.9 Å². The zero-order chi connectivity index (χ0) is 19.2. The van der Waals surface area contributed by atoms with Gasteiger partial charge in [-0.25, -0.2) is 8.42 Å². The van der Waals surface area contributed by atoms with E-state index < -0.39 is 28.4 Å². The normalized spacial score (nSPS) is 11.8. The van der Waals surface area contributed by atoms with Crippen molar-refractivity contribution in [1.82, 2.24) is 9.21 Å². The monoisotopic (exact) mass is 370 g/mol. The lowest BCUT2D eigenvalue weighted by Gasteiger charge is -2.23. The van der Waals surface area contributed by atoms with Gasteiger partial charge in [-0.15, -0.1) is 0 Å². The summed E-state index contributed by atoms with van der Waals surface area (Å²) in [4.78, 5) is 24.9. The highest BCUT2D eigenvalue weighted by molar-refractivity contribution is 7.89. The van der Waals surface area contributed by atoms with E-state index in [0.717, 1.165) is 0 Å². The summed E-state index contributed by atoms with van der Waals surface area (Å²) in [5.74, 6) is -1.40. The molecule has 0 bridgehead atoms. The van der Waals surface area contributed by atoms with E-state index in [1.807, 2.05) is 13.8 Å². The molecule has 140 valence electrons. The molecule has 1 N–H and O–H groups in total. The molecule has 0 unspecified atom stereocenters. The van der Waals surface area contributed by atoms with Crippen molar-refractivity contribution < 1.29 is 23.1 Å². The molecule has 1 rings (SSSR count). The van der Waals surface area contributed by atoms with Crippen LogP contribution >= 0.6 is 0 Å². The number of hydrogen-bond acceptors (Lipinski definition) is 4. The van der Waals surface area contributed by atoms with Gasteiger partial charge in [0.05, 0.1) is 4.90 Å². The first-order valence-corrected chi connectivity index (χ1v) is 9.68. The Morgan fingerprint density at radius 1 is 1.08 bits per heavy atom. The maximum absolute atomic E-state index is 12.5. The van der Waals surface area contributed by atoms with E-state index in [9.17, 15) is 18.0 Å². The van der Waals surface area contributed by atoms with Crippen molar-refractivity contribution in [3.8, 4) is 0 Å². The van der Waals surface area contributed by atoms with E-state index in [1.165, 1.54) is 33.5 Å². The minimum Gasteiger partial charge on any atom is -0.480 e. The zero-order valence-electron chi connectivity index (χ0n) is 15.1. The summed E-state index contributed by atoms with van der Waals surface area (Å²) in [6, 6.07) is 5.62. The van der Waals surface area contributed by atoms with Gasteiger partial charge in [0.1, 0.15) is 6.54 Å². The molecule has 0 aliphatic rings. The average molecular weight is 370 g/mol. The van der Waals surface area contributed by atoms with Gasteiger partial charge in [-0.1, -0.05) is 27.7 Å². The predicted octanol–water partition coefficient (Wildman–Crippen LogP) is 1.90. The molecule has 0 aliphatic carbocycles. The van der Waals surface area contributed by atoms with Crippen molar-refractivity contribution in [2.75, 3.05) is 26.2 Å². The third-order valence-corrected chi connectivity index (χ3v) is 5.71. The van der Waals surface area contributed by atoms with Gasteiger partial charge in [0.25, 0.3) is 5.91 Å². The van der Waals surface area contributed by atoms with Gasteiger partial charge in [0.2, 0.25) is 10.0 Å². The zero-order valence-corrected chi connectivity index (χ0v) is 15.9. The van der Waals surface area contributed by atoms with E-state index in [2.05, 4.69) is 0 Å². The van der Waals surface area contributed by atoms with Crippen molar-refractivity contribution in [2.45, 2.75) is 32.6 Å². The van der Waals surface area contributed by atoms with Crippen LogP contribution in [-0.4, -0.2) is 60.8 Å². The number of carbonyl (C=O) groups is 2. The number of amides is 1.